The van der Waals surface area contributed by atoms with Crippen LogP contribution in [0.2, 0.25) is 0 Å². The van der Waals surface area contributed by atoms with Crippen LogP contribution >= 0.6 is 0 Å². The van der Waals surface area contributed by atoms with Gasteiger partial charge in [-0.2, -0.15) is 0 Å². The maximum Gasteiger partial charge on any atom is 0.341 e. The summed E-state index contributed by atoms with van der Waals surface area (Å²) in [5.74, 6) is 0.371. The van der Waals surface area contributed by atoms with Gasteiger partial charge in [-0.05, 0) is 48.7 Å². The van der Waals surface area contributed by atoms with Crippen molar-refractivity contribution in [2.24, 2.45) is 0 Å². The molecule has 0 aromatic heterocycles. The molecular formula is C20H23NO6. The van der Waals surface area contributed by atoms with Gasteiger partial charge in [0, 0.05) is 12.1 Å². The summed E-state index contributed by atoms with van der Waals surface area (Å²) in [6.45, 7) is 1.93. The zero-order chi connectivity index (χ0) is 19.8. The molecule has 7 nitrogen and oxygen atoms in total. The number of ether oxygens (including phenoxy) is 3. The fraction of sp³-hybridized carbons (Fsp3) is 0.300. The topological polar surface area (TPSA) is 94.1 Å². The zero-order valence-corrected chi connectivity index (χ0v) is 15.6. The lowest BCUT2D eigenvalue weighted by Crippen LogP contribution is -2.26. The van der Waals surface area contributed by atoms with Crippen molar-refractivity contribution in [1.29, 1.82) is 0 Å². The van der Waals surface area contributed by atoms with E-state index in [2.05, 4.69) is 5.32 Å². The lowest BCUT2D eigenvalue weighted by molar-refractivity contribution is -0.139. The van der Waals surface area contributed by atoms with Crippen LogP contribution in [0.3, 0.4) is 0 Å². The van der Waals surface area contributed by atoms with E-state index in [1.165, 1.54) is 7.11 Å². The molecule has 0 atom stereocenters. The van der Waals surface area contributed by atoms with Gasteiger partial charge in [0.15, 0.2) is 18.1 Å². The summed E-state index contributed by atoms with van der Waals surface area (Å²) in [6.07, 6.45) is 0.636. The summed E-state index contributed by atoms with van der Waals surface area (Å²) in [5.41, 5.74) is 2.33. The maximum atomic E-state index is 12.4. The highest BCUT2D eigenvalue weighted by molar-refractivity contribution is 5.96. The lowest BCUT2D eigenvalue weighted by Gasteiger charge is -2.13. The molecule has 2 aromatic rings. The van der Waals surface area contributed by atoms with Crippen molar-refractivity contribution in [3.63, 3.8) is 0 Å². The van der Waals surface area contributed by atoms with Gasteiger partial charge in [-0.25, -0.2) is 4.79 Å². The van der Waals surface area contributed by atoms with Crippen LogP contribution in [0, 0.1) is 6.92 Å². The fourth-order valence-electron chi connectivity index (χ4n) is 2.54. The van der Waals surface area contributed by atoms with Crippen LogP contribution in [0.1, 0.15) is 21.5 Å². The number of hydrogen-bond donors (Lipinski definition) is 2. The van der Waals surface area contributed by atoms with Gasteiger partial charge < -0.3 is 24.6 Å². The molecule has 0 radical (unpaired) electrons. The van der Waals surface area contributed by atoms with Gasteiger partial charge in [-0.1, -0.05) is 12.1 Å². The lowest BCUT2D eigenvalue weighted by atomic mass is 10.1. The molecule has 0 heterocycles. The largest absolute Gasteiger partial charge is 0.493 e. The van der Waals surface area contributed by atoms with E-state index in [9.17, 15) is 9.59 Å². The molecule has 27 heavy (non-hydrogen) atoms. The SMILES string of the molecule is COc1cc(C)c(C(=O)NCCc2ccc(OCC(=O)O)cc2)cc1OC. The molecule has 2 rings (SSSR count). The first-order valence-corrected chi connectivity index (χ1v) is 8.39. The van der Waals surface area contributed by atoms with E-state index in [0.717, 1.165) is 11.1 Å². The van der Waals surface area contributed by atoms with Gasteiger partial charge in [0.2, 0.25) is 0 Å². The number of aryl methyl sites for hydroxylation is 1. The zero-order valence-electron chi connectivity index (χ0n) is 15.6. The van der Waals surface area contributed by atoms with Gasteiger partial charge in [0.1, 0.15) is 5.75 Å². The van der Waals surface area contributed by atoms with E-state index >= 15 is 0 Å². The third-order valence-corrected chi connectivity index (χ3v) is 3.96. The van der Waals surface area contributed by atoms with E-state index in [1.54, 1.807) is 31.4 Å². The summed E-state index contributed by atoms with van der Waals surface area (Å²) in [5, 5.41) is 11.5. The molecule has 0 aliphatic rings. The molecule has 1 amide bonds. The number of methoxy groups -OCH3 is 2. The molecule has 0 unspecified atom stereocenters. The smallest absolute Gasteiger partial charge is 0.341 e. The fourth-order valence-corrected chi connectivity index (χ4v) is 2.54. The highest BCUT2D eigenvalue weighted by Crippen LogP contribution is 2.30. The Hall–Kier alpha value is -3.22. The van der Waals surface area contributed by atoms with E-state index < -0.39 is 5.97 Å². The Kier molecular flexibility index (Phi) is 7.05. The van der Waals surface area contributed by atoms with Crippen molar-refractivity contribution in [3.8, 4) is 17.2 Å². The number of carboxylic acids is 1. The summed E-state index contributed by atoms with van der Waals surface area (Å²) < 4.78 is 15.6. The predicted molar refractivity (Wildman–Crippen MR) is 99.9 cm³/mol. The Morgan fingerprint density at radius 2 is 1.67 bits per heavy atom. The Bertz CT molecular complexity index is 801. The predicted octanol–water partition coefficient (Wildman–Crippen LogP) is 2.45. The summed E-state index contributed by atoms with van der Waals surface area (Å²) in [7, 11) is 3.08. The minimum Gasteiger partial charge on any atom is -0.493 e. The van der Waals surface area contributed by atoms with E-state index in [0.29, 0.717) is 35.8 Å². The molecule has 0 bridgehead atoms. The number of aliphatic carboxylic acids is 1. The van der Waals surface area contributed by atoms with Crippen LogP contribution in [-0.4, -0.2) is 44.4 Å². The minimum absolute atomic E-state index is 0.185. The number of carbonyl (C=O) groups is 2. The normalized spacial score (nSPS) is 10.2. The van der Waals surface area contributed by atoms with Crippen LogP contribution in [0.25, 0.3) is 0 Å². The Morgan fingerprint density at radius 1 is 1.04 bits per heavy atom. The van der Waals surface area contributed by atoms with Crippen LogP contribution < -0.4 is 19.5 Å². The van der Waals surface area contributed by atoms with Gasteiger partial charge in [0.25, 0.3) is 5.91 Å². The number of amides is 1. The number of rotatable bonds is 9. The first-order valence-electron chi connectivity index (χ1n) is 8.39. The number of benzene rings is 2. The molecule has 0 fully saturated rings. The molecular weight excluding hydrogens is 350 g/mol. The molecule has 0 saturated heterocycles. The highest BCUT2D eigenvalue weighted by Gasteiger charge is 2.14. The number of carbonyl (C=O) groups excluding carboxylic acids is 1. The van der Waals surface area contributed by atoms with E-state index in [1.807, 2.05) is 19.1 Å². The molecule has 2 N–H and O–H groups in total. The number of nitrogens with one attached hydrogen (secondary N) is 1. The van der Waals surface area contributed by atoms with Crippen molar-refractivity contribution in [1.82, 2.24) is 5.32 Å². The van der Waals surface area contributed by atoms with Crippen LogP contribution in [0.15, 0.2) is 36.4 Å². The molecule has 144 valence electrons. The molecule has 0 aliphatic heterocycles. The third-order valence-electron chi connectivity index (χ3n) is 3.96. The second-order valence-corrected chi connectivity index (χ2v) is 5.85. The van der Waals surface area contributed by atoms with Crippen molar-refractivity contribution >= 4 is 11.9 Å². The van der Waals surface area contributed by atoms with Crippen molar-refractivity contribution in [3.05, 3.63) is 53.1 Å². The van der Waals surface area contributed by atoms with Crippen LogP contribution in [0.5, 0.6) is 17.2 Å². The van der Waals surface area contributed by atoms with Gasteiger partial charge in [-0.3, -0.25) is 4.79 Å². The Labute approximate surface area is 157 Å². The van der Waals surface area contributed by atoms with Crippen LogP contribution in [-0.2, 0) is 11.2 Å². The second kappa shape index (κ2) is 9.47. The van der Waals surface area contributed by atoms with E-state index in [-0.39, 0.29) is 12.5 Å². The monoisotopic (exact) mass is 373 g/mol. The highest BCUT2D eigenvalue weighted by atomic mass is 16.5. The molecule has 0 spiro atoms. The molecule has 0 saturated carbocycles. The molecule has 2 aromatic carbocycles. The first-order chi connectivity index (χ1) is 12.9. The molecule has 0 aliphatic carbocycles. The maximum absolute atomic E-state index is 12.4. The van der Waals surface area contributed by atoms with Gasteiger partial charge in [0.05, 0.1) is 14.2 Å². The third kappa shape index (κ3) is 5.64. The number of carboxylic acid groups (broad SMARTS) is 1. The Balaban J connectivity index is 1.91. The van der Waals surface area contributed by atoms with Crippen molar-refractivity contribution in [2.75, 3.05) is 27.4 Å². The quantitative estimate of drug-likeness (QED) is 0.701. The second-order valence-electron chi connectivity index (χ2n) is 5.85. The number of hydrogen-bond acceptors (Lipinski definition) is 5. The standard InChI is InChI=1S/C20H23NO6/c1-13-10-17(25-2)18(26-3)11-16(13)20(24)21-9-8-14-4-6-15(7-5-14)27-12-19(22)23/h4-7,10-11H,8-9,12H2,1-3H3,(H,21,24)(H,22,23). The summed E-state index contributed by atoms with van der Waals surface area (Å²) in [6, 6.07) is 10.5. The van der Waals surface area contributed by atoms with Gasteiger partial charge in [-0.15, -0.1) is 0 Å². The van der Waals surface area contributed by atoms with E-state index in [4.69, 9.17) is 19.3 Å². The first kappa shape index (κ1) is 20.1. The van der Waals surface area contributed by atoms with Gasteiger partial charge >= 0.3 is 5.97 Å². The average Bonchev–Trinajstić information content (AvgIpc) is 2.66. The van der Waals surface area contributed by atoms with Crippen LogP contribution in [0.4, 0.5) is 0 Å². The Morgan fingerprint density at radius 3 is 2.26 bits per heavy atom. The summed E-state index contributed by atoms with van der Waals surface area (Å²) >= 11 is 0. The minimum atomic E-state index is -1.02. The van der Waals surface area contributed by atoms with Crippen molar-refractivity contribution in [2.45, 2.75) is 13.3 Å². The van der Waals surface area contributed by atoms with Crippen molar-refractivity contribution < 1.29 is 28.9 Å². The molecule has 7 heteroatoms. The summed E-state index contributed by atoms with van der Waals surface area (Å²) in [4.78, 5) is 22.9. The average molecular weight is 373 g/mol.